The molecule has 4 amide bonds. The first kappa shape index (κ1) is 35.0. The molecule has 0 aliphatic carbocycles. The topological polar surface area (TPSA) is 149 Å². The van der Waals surface area contributed by atoms with Crippen LogP contribution in [0.3, 0.4) is 0 Å². The smallest absolute Gasteiger partial charge is 0.272 e. The molecule has 0 aliphatic heterocycles. The van der Waals surface area contributed by atoms with E-state index in [1.807, 2.05) is 36.4 Å². The number of rotatable bonds is 13. The molecule has 1 unspecified atom stereocenters. The lowest BCUT2D eigenvalue weighted by Crippen LogP contribution is -2.30. The third-order valence-electron chi connectivity index (χ3n) is 7.39. The summed E-state index contributed by atoms with van der Waals surface area (Å²) in [6.07, 6.45) is 1.53. The van der Waals surface area contributed by atoms with Crippen LogP contribution in [0.15, 0.2) is 138 Å². The van der Waals surface area contributed by atoms with Crippen LogP contribution < -0.4 is 31.2 Å². The average Bonchev–Trinajstić information content (AvgIpc) is 3.14. The summed E-state index contributed by atoms with van der Waals surface area (Å²) >= 11 is 1.30. The Kier molecular flexibility index (Phi) is 11.7. The number of anilines is 2. The molecular weight excluding hydrogens is 653 g/mol. The van der Waals surface area contributed by atoms with Gasteiger partial charge in [0.2, 0.25) is 11.8 Å². The molecule has 5 N–H and O–H groups in total. The number of benzene rings is 5. The van der Waals surface area contributed by atoms with E-state index in [9.17, 15) is 19.2 Å². The minimum atomic E-state index is -0.666. The van der Waals surface area contributed by atoms with E-state index < -0.39 is 23.0 Å². The Labute approximate surface area is 293 Å². The second-order valence-electron chi connectivity index (χ2n) is 10.8. The summed E-state index contributed by atoms with van der Waals surface area (Å²) in [4.78, 5) is 52.7. The van der Waals surface area contributed by atoms with Crippen molar-refractivity contribution >= 4 is 52.8 Å². The van der Waals surface area contributed by atoms with Crippen molar-refractivity contribution in [2.24, 2.45) is 5.73 Å². The van der Waals surface area contributed by atoms with Gasteiger partial charge in [-0.25, -0.2) is 0 Å². The predicted molar refractivity (Wildman–Crippen MR) is 195 cm³/mol. The fourth-order valence-corrected chi connectivity index (χ4v) is 5.93. The highest BCUT2D eigenvalue weighted by atomic mass is 32.2. The second-order valence-corrected chi connectivity index (χ2v) is 12.0. The molecule has 11 heteroatoms. The number of nitrogens with one attached hydrogen (secondary N) is 3. The zero-order valence-corrected chi connectivity index (χ0v) is 28.0. The number of carbonyl (C=O) groups excluding carboxylic acids is 4. The van der Waals surface area contributed by atoms with Gasteiger partial charge in [0, 0.05) is 39.0 Å². The van der Waals surface area contributed by atoms with Crippen LogP contribution in [0.5, 0.6) is 11.5 Å². The van der Waals surface area contributed by atoms with Gasteiger partial charge in [0.1, 0.15) is 22.4 Å². The van der Waals surface area contributed by atoms with Gasteiger partial charge in [-0.1, -0.05) is 54.6 Å². The lowest BCUT2D eigenvalue weighted by molar-refractivity contribution is -0.116. The van der Waals surface area contributed by atoms with Crippen LogP contribution in [0, 0.1) is 0 Å². The molecule has 5 rings (SSSR count). The summed E-state index contributed by atoms with van der Waals surface area (Å²) < 4.78 is 10.8. The Balaban J connectivity index is 1.40. The highest BCUT2D eigenvalue weighted by Gasteiger charge is 2.23. The number of nitrogens with two attached hydrogens (primary N) is 1. The molecular formula is C39H34N4O6S. The van der Waals surface area contributed by atoms with Crippen LogP contribution in [-0.2, 0) is 9.59 Å². The van der Waals surface area contributed by atoms with Gasteiger partial charge in [0.15, 0.2) is 0 Å². The van der Waals surface area contributed by atoms with Crippen molar-refractivity contribution in [3.05, 3.63) is 155 Å². The molecule has 5 aromatic carbocycles. The van der Waals surface area contributed by atoms with E-state index in [2.05, 4.69) is 16.0 Å². The summed E-state index contributed by atoms with van der Waals surface area (Å²) in [5, 5.41) is 7.86. The van der Waals surface area contributed by atoms with Crippen LogP contribution in [-0.4, -0.2) is 37.8 Å². The third-order valence-corrected chi connectivity index (χ3v) is 8.64. The van der Waals surface area contributed by atoms with E-state index in [0.717, 1.165) is 5.56 Å². The van der Waals surface area contributed by atoms with E-state index in [0.29, 0.717) is 44.5 Å². The maximum absolute atomic E-state index is 13.8. The molecule has 5 aromatic rings. The molecule has 0 bridgehead atoms. The predicted octanol–water partition coefficient (Wildman–Crippen LogP) is 6.68. The fraction of sp³-hybridized carbons (Fsp3) is 0.0769. The number of methoxy groups -OCH3 is 2. The number of primary amides is 1. The maximum atomic E-state index is 13.8. The highest BCUT2D eigenvalue weighted by Crippen LogP contribution is 2.37. The van der Waals surface area contributed by atoms with Crippen molar-refractivity contribution in [3.8, 4) is 11.5 Å². The molecule has 252 valence electrons. The minimum absolute atomic E-state index is 0.0238. The maximum Gasteiger partial charge on any atom is 0.272 e. The molecule has 0 radical (unpaired) electrons. The number of carbonyl (C=O) groups is 4. The monoisotopic (exact) mass is 686 g/mol. The summed E-state index contributed by atoms with van der Waals surface area (Å²) in [5.74, 6) is -0.887. The minimum Gasteiger partial charge on any atom is -0.497 e. The molecule has 50 heavy (non-hydrogen) atoms. The Hall–Kier alpha value is -6.33. The summed E-state index contributed by atoms with van der Waals surface area (Å²) in [5.41, 5.74) is 8.28. The van der Waals surface area contributed by atoms with Crippen LogP contribution >= 0.6 is 11.8 Å². The van der Waals surface area contributed by atoms with Crippen molar-refractivity contribution in [1.82, 2.24) is 5.32 Å². The zero-order chi connectivity index (χ0) is 35.5. The third kappa shape index (κ3) is 9.18. The van der Waals surface area contributed by atoms with Gasteiger partial charge in [0.25, 0.3) is 11.8 Å². The zero-order valence-electron chi connectivity index (χ0n) is 27.2. The van der Waals surface area contributed by atoms with E-state index in [4.69, 9.17) is 15.2 Å². The summed E-state index contributed by atoms with van der Waals surface area (Å²) in [6.45, 7) is 0. The Morgan fingerprint density at radius 2 is 1.40 bits per heavy atom. The van der Waals surface area contributed by atoms with Crippen molar-refractivity contribution in [1.29, 1.82) is 0 Å². The molecule has 0 fully saturated rings. The molecule has 0 aliphatic rings. The van der Waals surface area contributed by atoms with Crippen LogP contribution in [0.2, 0.25) is 0 Å². The lowest BCUT2D eigenvalue weighted by Gasteiger charge is -2.18. The van der Waals surface area contributed by atoms with Gasteiger partial charge in [-0.3, -0.25) is 19.2 Å². The standard InChI is InChI=1S/C39H34N4O6S/c1-48-31-21-18-28(34(24-31)49-2)22-33(43-37(45)27-12-7-4-8-13-27)38(46)42-30-14-9-15-32(23-30)50-35(25-10-5-3-6-11-25)39(47)41-29-19-16-26(17-20-29)36(40)44/h3-24,35H,1-2H3,(H2,40,44)(H,41,47)(H,42,46)(H,43,45)/b33-22+. The van der Waals surface area contributed by atoms with Gasteiger partial charge in [0.05, 0.1) is 14.2 Å². The SMILES string of the molecule is COc1ccc(/C=C(/NC(=O)c2ccccc2)C(=O)Nc2cccc(SC(C(=O)Nc3ccc(C(N)=O)cc3)c3ccccc3)c2)c(OC)c1. The number of hydrogen-bond acceptors (Lipinski definition) is 7. The number of thioether (sulfide) groups is 1. The van der Waals surface area contributed by atoms with E-state index >= 15 is 0 Å². The molecule has 0 spiro atoms. The van der Waals surface area contributed by atoms with Crippen molar-refractivity contribution in [2.75, 3.05) is 24.9 Å². The molecule has 0 aromatic heterocycles. The quantitative estimate of drug-likeness (QED) is 0.0797. The number of ether oxygens (including phenoxy) is 2. The molecule has 0 saturated heterocycles. The Morgan fingerprint density at radius 3 is 2.06 bits per heavy atom. The first-order valence-electron chi connectivity index (χ1n) is 15.4. The van der Waals surface area contributed by atoms with Gasteiger partial charge >= 0.3 is 0 Å². The van der Waals surface area contributed by atoms with Crippen molar-refractivity contribution in [2.45, 2.75) is 10.1 Å². The Morgan fingerprint density at radius 1 is 0.700 bits per heavy atom. The average molecular weight is 687 g/mol. The molecule has 1 atom stereocenters. The van der Waals surface area contributed by atoms with Crippen molar-refractivity contribution < 1.29 is 28.7 Å². The first-order chi connectivity index (χ1) is 24.2. The molecule has 0 heterocycles. The largest absolute Gasteiger partial charge is 0.497 e. The highest BCUT2D eigenvalue weighted by molar-refractivity contribution is 8.00. The van der Waals surface area contributed by atoms with E-state index in [-0.39, 0.29) is 11.6 Å². The Bertz CT molecular complexity index is 2020. The van der Waals surface area contributed by atoms with E-state index in [1.165, 1.54) is 32.1 Å². The van der Waals surface area contributed by atoms with Crippen LogP contribution in [0.1, 0.15) is 37.1 Å². The molecule has 10 nitrogen and oxygen atoms in total. The van der Waals surface area contributed by atoms with E-state index in [1.54, 1.807) is 91.0 Å². The normalized spacial score (nSPS) is 11.5. The fourth-order valence-electron chi connectivity index (χ4n) is 4.84. The first-order valence-corrected chi connectivity index (χ1v) is 16.3. The van der Waals surface area contributed by atoms with Gasteiger partial charge in [-0.2, -0.15) is 0 Å². The van der Waals surface area contributed by atoms with Gasteiger partial charge in [-0.15, -0.1) is 11.8 Å². The molecule has 0 saturated carbocycles. The van der Waals surface area contributed by atoms with Crippen LogP contribution in [0.25, 0.3) is 6.08 Å². The lowest BCUT2D eigenvalue weighted by atomic mass is 10.1. The summed E-state index contributed by atoms with van der Waals surface area (Å²) in [6, 6.07) is 36.3. The number of hydrogen-bond donors (Lipinski definition) is 4. The van der Waals surface area contributed by atoms with Crippen LogP contribution in [0.4, 0.5) is 11.4 Å². The van der Waals surface area contributed by atoms with Crippen molar-refractivity contribution in [3.63, 3.8) is 0 Å². The van der Waals surface area contributed by atoms with Gasteiger partial charge in [-0.05, 0) is 78.4 Å². The second kappa shape index (κ2) is 16.7. The summed E-state index contributed by atoms with van der Waals surface area (Å²) in [7, 11) is 3.04. The van der Waals surface area contributed by atoms with Gasteiger partial charge < -0.3 is 31.2 Å². The number of amides is 4.